The summed E-state index contributed by atoms with van der Waals surface area (Å²) in [6, 6.07) is 1.93. The van der Waals surface area contributed by atoms with Crippen LogP contribution in [-0.2, 0) is 39.8 Å². The van der Waals surface area contributed by atoms with Gasteiger partial charge in [-0.2, -0.15) is 5.26 Å². The molecule has 0 saturated heterocycles. The Hall–Kier alpha value is -3.13. The molecule has 0 radical (unpaired) electrons. The minimum atomic E-state index is -0.760. The number of hydrogen-bond donors (Lipinski definition) is 0. The van der Waals surface area contributed by atoms with Gasteiger partial charge in [-0.3, -0.25) is 14.4 Å². The van der Waals surface area contributed by atoms with Gasteiger partial charge in [-0.15, -0.1) is 11.3 Å². The first-order valence-electron chi connectivity index (χ1n) is 8.59. The molecule has 0 fully saturated rings. The van der Waals surface area contributed by atoms with Crippen molar-refractivity contribution in [2.24, 2.45) is 0 Å². The minimum Gasteiger partial charge on any atom is -0.469 e. The number of nitrogens with zero attached hydrogens (tertiary/aromatic N) is 2. The molecule has 1 heterocycles. The summed E-state index contributed by atoms with van der Waals surface area (Å²) in [4.78, 5) is 49.3. The molecule has 0 N–H and O–H groups in total. The van der Waals surface area contributed by atoms with Gasteiger partial charge in [0.15, 0.2) is 0 Å². The zero-order valence-corrected chi connectivity index (χ0v) is 17.4. The van der Waals surface area contributed by atoms with Gasteiger partial charge in [0.25, 0.3) is 0 Å². The first-order chi connectivity index (χ1) is 13.8. The summed E-state index contributed by atoms with van der Waals surface area (Å²) in [5, 5.41) is 9.82. The lowest BCUT2D eigenvalue weighted by Gasteiger charge is -2.21. The van der Waals surface area contributed by atoms with Gasteiger partial charge >= 0.3 is 23.9 Å². The largest absolute Gasteiger partial charge is 0.469 e. The normalized spacial score (nSPS) is 9.90. The van der Waals surface area contributed by atoms with Crippen LogP contribution in [0.4, 0.5) is 5.00 Å². The van der Waals surface area contributed by atoms with Gasteiger partial charge in [0.2, 0.25) is 0 Å². The highest BCUT2D eigenvalue weighted by atomic mass is 32.1. The Morgan fingerprint density at radius 3 is 1.93 bits per heavy atom. The van der Waals surface area contributed by atoms with Gasteiger partial charge in [-0.05, 0) is 13.8 Å². The second kappa shape index (κ2) is 11.7. The number of nitriles is 1. The molecule has 0 atom stereocenters. The van der Waals surface area contributed by atoms with E-state index in [4.69, 9.17) is 14.2 Å². The van der Waals surface area contributed by atoms with Crippen LogP contribution < -0.4 is 4.90 Å². The number of carbonyl (C=O) groups excluding carboxylic acids is 4. The Labute approximate surface area is 171 Å². The number of esters is 4. The van der Waals surface area contributed by atoms with Crippen LogP contribution in [0.3, 0.4) is 0 Å². The van der Waals surface area contributed by atoms with Crippen molar-refractivity contribution in [3.05, 3.63) is 16.0 Å². The zero-order valence-electron chi connectivity index (χ0n) is 16.6. The molecule has 11 heteroatoms. The van der Waals surface area contributed by atoms with E-state index in [2.05, 4.69) is 4.74 Å². The minimum absolute atomic E-state index is 0.00201. The molecule has 0 aromatic carbocycles. The van der Waals surface area contributed by atoms with Gasteiger partial charge in [-0.1, -0.05) is 0 Å². The van der Waals surface area contributed by atoms with Crippen molar-refractivity contribution in [2.45, 2.75) is 20.3 Å². The Morgan fingerprint density at radius 1 is 0.966 bits per heavy atom. The molecule has 0 unspecified atom stereocenters. The number of anilines is 1. The number of hydrogen-bond acceptors (Lipinski definition) is 11. The van der Waals surface area contributed by atoms with E-state index in [0.29, 0.717) is 0 Å². The third-order valence-electron chi connectivity index (χ3n) is 3.56. The van der Waals surface area contributed by atoms with Gasteiger partial charge in [0.1, 0.15) is 29.0 Å². The van der Waals surface area contributed by atoms with Crippen molar-refractivity contribution >= 4 is 40.2 Å². The summed E-state index contributed by atoms with van der Waals surface area (Å²) in [6.07, 6.45) is -0.354. The maximum atomic E-state index is 12.2. The molecule has 0 saturated carbocycles. The molecular formula is C18H22N2O8S. The lowest BCUT2D eigenvalue weighted by atomic mass is 10.1. The summed E-state index contributed by atoms with van der Waals surface area (Å²) >= 11 is 0.830. The summed E-state index contributed by atoms with van der Waals surface area (Å²) in [5.41, 5.74) is 0.0679. The molecule has 0 spiro atoms. The second-order valence-corrected chi connectivity index (χ2v) is 6.41. The predicted molar refractivity (Wildman–Crippen MR) is 102 cm³/mol. The standard InChI is InChI=1S/C18H22N2O8S/c1-5-27-14(22)9-20(10-15(23)28-6-2)17-12(8-19)11(7-13(21)25-3)16(29-17)18(24)26-4/h5-7,9-10H2,1-4H3. The van der Waals surface area contributed by atoms with Crippen molar-refractivity contribution in [3.8, 4) is 6.07 Å². The van der Waals surface area contributed by atoms with E-state index in [1.54, 1.807) is 13.8 Å². The van der Waals surface area contributed by atoms with Crippen LogP contribution in [0, 0.1) is 11.3 Å². The quantitative estimate of drug-likeness (QED) is 0.395. The van der Waals surface area contributed by atoms with Crippen molar-refractivity contribution in [2.75, 3.05) is 45.4 Å². The fourth-order valence-electron chi connectivity index (χ4n) is 2.36. The fraction of sp³-hybridized carbons (Fsp3) is 0.500. The number of methoxy groups -OCH3 is 2. The molecule has 158 valence electrons. The first kappa shape index (κ1) is 23.9. The van der Waals surface area contributed by atoms with Crippen molar-refractivity contribution in [1.82, 2.24) is 0 Å². The van der Waals surface area contributed by atoms with Crippen LogP contribution in [0.2, 0.25) is 0 Å². The van der Waals surface area contributed by atoms with E-state index in [1.807, 2.05) is 6.07 Å². The number of thiophene rings is 1. The molecule has 0 amide bonds. The van der Waals surface area contributed by atoms with Gasteiger partial charge < -0.3 is 23.8 Å². The Morgan fingerprint density at radius 2 is 1.52 bits per heavy atom. The summed E-state index contributed by atoms with van der Waals surface area (Å²) in [6.45, 7) is 2.79. The molecule has 0 aliphatic rings. The smallest absolute Gasteiger partial charge is 0.348 e. The highest BCUT2D eigenvalue weighted by Gasteiger charge is 2.30. The average Bonchev–Trinajstić information content (AvgIpc) is 3.05. The molecule has 0 aliphatic heterocycles. The van der Waals surface area contributed by atoms with Crippen LogP contribution in [0.15, 0.2) is 0 Å². The van der Waals surface area contributed by atoms with E-state index >= 15 is 0 Å². The molecule has 1 aromatic rings. The number of rotatable bonds is 10. The molecule has 29 heavy (non-hydrogen) atoms. The van der Waals surface area contributed by atoms with Crippen LogP contribution in [0.1, 0.15) is 34.6 Å². The van der Waals surface area contributed by atoms with Crippen LogP contribution in [0.25, 0.3) is 0 Å². The highest BCUT2D eigenvalue weighted by Crippen LogP contribution is 2.37. The van der Waals surface area contributed by atoms with Crippen LogP contribution >= 0.6 is 11.3 Å². The van der Waals surface area contributed by atoms with E-state index in [1.165, 1.54) is 12.0 Å². The van der Waals surface area contributed by atoms with Crippen LogP contribution in [0.5, 0.6) is 0 Å². The van der Waals surface area contributed by atoms with Crippen molar-refractivity contribution < 1.29 is 38.1 Å². The van der Waals surface area contributed by atoms with Gasteiger partial charge in [0, 0.05) is 5.56 Å². The van der Waals surface area contributed by atoms with E-state index in [-0.39, 0.29) is 53.7 Å². The molecule has 10 nitrogen and oxygen atoms in total. The van der Waals surface area contributed by atoms with Crippen molar-refractivity contribution in [1.29, 1.82) is 5.26 Å². The summed E-state index contributed by atoms with van der Waals surface area (Å²) in [7, 11) is 2.33. The lowest BCUT2D eigenvalue weighted by Crippen LogP contribution is -2.36. The maximum Gasteiger partial charge on any atom is 0.348 e. The molecule has 1 rings (SSSR count). The average molecular weight is 426 g/mol. The maximum absolute atomic E-state index is 12.2. The predicted octanol–water partition coefficient (Wildman–Crippen LogP) is 1.05. The Kier molecular flexibility index (Phi) is 9.61. The van der Waals surface area contributed by atoms with E-state index in [0.717, 1.165) is 18.4 Å². The first-order valence-corrected chi connectivity index (χ1v) is 9.41. The van der Waals surface area contributed by atoms with Crippen LogP contribution in [-0.4, -0.2) is 64.4 Å². The zero-order chi connectivity index (χ0) is 22.0. The third-order valence-corrected chi connectivity index (χ3v) is 4.83. The lowest BCUT2D eigenvalue weighted by molar-refractivity contribution is -0.143. The number of carbonyl (C=O) groups is 4. The third kappa shape index (κ3) is 6.46. The molecule has 0 aliphatic carbocycles. The summed E-state index contributed by atoms with van der Waals surface area (Å²) in [5.74, 6) is -2.70. The van der Waals surface area contributed by atoms with E-state index in [9.17, 15) is 24.4 Å². The topological polar surface area (TPSA) is 132 Å². The van der Waals surface area contributed by atoms with E-state index < -0.39 is 23.9 Å². The van der Waals surface area contributed by atoms with Crippen molar-refractivity contribution in [3.63, 3.8) is 0 Å². The van der Waals surface area contributed by atoms with Gasteiger partial charge in [-0.25, -0.2) is 4.79 Å². The highest BCUT2D eigenvalue weighted by molar-refractivity contribution is 7.18. The fourth-order valence-corrected chi connectivity index (χ4v) is 3.54. The van der Waals surface area contributed by atoms with Gasteiger partial charge in [0.05, 0.1) is 39.4 Å². The molecule has 0 bridgehead atoms. The Balaban J connectivity index is 3.50. The number of ether oxygens (including phenoxy) is 4. The molecule has 1 aromatic heterocycles. The second-order valence-electron chi connectivity index (χ2n) is 5.41. The monoisotopic (exact) mass is 426 g/mol. The Bertz CT molecular complexity index is 792. The SMILES string of the molecule is CCOC(=O)CN(CC(=O)OCC)c1sc(C(=O)OC)c(CC(=O)OC)c1C#N. The summed E-state index contributed by atoms with van der Waals surface area (Å²) < 4.78 is 19.2. The molecular weight excluding hydrogens is 404 g/mol.